The standard InChI is InChI=1S/C30H53N3O15/c1-30(2,3)32(29(38)39)24(28(37)48-33-26(35)5-6-27(33)36)23-31-25(34)7-8-41-11-12-43-15-16-45-19-20-47-22-21-46-18-17-44-14-13-42-10-9-40-4/h24H,5-23H2,1-4H3,(H,31,34)(H,38,39)/t24-/m0/s1. The zero-order valence-electron chi connectivity index (χ0n) is 28.6. The number of hydrogen-bond donors (Lipinski definition) is 2. The van der Waals surface area contributed by atoms with E-state index < -0.39 is 47.9 Å². The van der Waals surface area contributed by atoms with Crippen molar-refractivity contribution in [1.29, 1.82) is 0 Å². The molecule has 1 aliphatic rings. The molecule has 0 spiro atoms. The van der Waals surface area contributed by atoms with Gasteiger partial charge >= 0.3 is 12.1 Å². The van der Waals surface area contributed by atoms with Crippen molar-refractivity contribution < 1.29 is 71.8 Å². The third-order valence-corrected chi connectivity index (χ3v) is 6.33. The number of methoxy groups -OCH3 is 1. The van der Waals surface area contributed by atoms with Gasteiger partial charge in [0.25, 0.3) is 11.8 Å². The maximum atomic E-state index is 12.9. The van der Waals surface area contributed by atoms with Crippen LogP contribution in [0.15, 0.2) is 0 Å². The van der Waals surface area contributed by atoms with Crippen molar-refractivity contribution >= 4 is 29.8 Å². The Morgan fingerprint density at radius 1 is 0.708 bits per heavy atom. The van der Waals surface area contributed by atoms with Crippen LogP contribution >= 0.6 is 0 Å². The number of nitrogens with one attached hydrogen (secondary N) is 1. The minimum atomic E-state index is -1.52. The Morgan fingerprint density at radius 2 is 1.08 bits per heavy atom. The Bertz CT molecular complexity index is 931. The summed E-state index contributed by atoms with van der Waals surface area (Å²) >= 11 is 0. The van der Waals surface area contributed by atoms with Crippen molar-refractivity contribution in [2.45, 2.75) is 51.6 Å². The Balaban J connectivity index is 2.09. The van der Waals surface area contributed by atoms with Crippen LogP contribution in [0.5, 0.6) is 0 Å². The average molecular weight is 696 g/mol. The quantitative estimate of drug-likeness (QED) is 0.0781. The molecule has 0 aromatic carbocycles. The number of carbonyl (C=O) groups excluding carboxylic acids is 4. The summed E-state index contributed by atoms with van der Waals surface area (Å²) in [4.78, 5) is 66.7. The molecule has 18 nitrogen and oxygen atoms in total. The molecular weight excluding hydrogens is 642 g/mol. The van der Waals surface area contributed by atoms with Gasteiger partial charge in [0.1, 0.15) is 0 Å². The molecule has 0 unspecified atom stereocenters. The maximum Gasteiger partial charge on any atom is 0.408 e. The SMILES string of the molecule is COCCOCCOCCOCCOCCOCCOCCOCCC(=O)NC[C@@H](C(=O)ON1C(=O)CCC1=O)N(C(=O)O)C(C)(C)C. The summed E-state index contributed by atoms with van der Waals surface area (Å²) in [5.74, 6) is -3.09. The zero-order valence-corrected chi connectivity index (χ0v) is 28.6. The fourth-order valence-electron chi connectivity index (χ4n) is 4.00. The van der Waals surface area contributed by atoms with Crippen molar-refractivity contribution in [2.75, 3.05) is 113 Å². The molecule has 0 radical (unpaired) electrons. The molecule has 48 heavy (non-hydrogen) atoms. The van der Waals surface area contributed by atoms with Crippen LogP contribution in [0.25, 0.3) is 0 Å². The van der Waals surface area contributed by atoms with Crippen LogP contribution in [0.2, 0.25) is 0 Å². The van der Waals surface area contributed by atoms with E-state index in [1.165, 1.54) is 0 Å². The van der Waals surface area contributed by atoms with E-state index in [0.29, 0.717) is 84.3 Å². The van der Waals surface area contributed by atoms with E-state index >= 15 is 0 Å². The average Bonchev–Trinajstić information content (AvgIpc) is 3.34. The van der Waals surface area contributed by atoms with Gasteiger partial charge in [-0.25, -0.2) is 9.59 Å². The van der Waals surface area contributed by atoms with Gasteiger partial charge in [-0.05, 0) is 20.8 Å². The number of imide groups is 1. The Labute approximate surface area is 281 Å². The highest BCUT2D eigenvalue weighted by molar-refractivity contribution is 6.02. The number of rotatable bonds is 29. The highest BCUT2D eigenvalue weighted by Crippen LogP contribution is 2.20. The van der Waals surface area contributed by atoms with Crippen LogP contribution in [-0.4, -0.2) is 169 Å². The molecule has 1 aliphatic heterocycles. The molecule has 0 aliphatic carbocycles. The Morgan fingerprint density at radius 3 is 1.44 bits per heavy atom. The fourth-order valence-corrected chi connectivity index (χ4v) is 4.00. The van der Waals surface area contributed by atoms with E-state index in [1.54, 1.807) is 27.9 Å². The Kier molecular flexibility index (Phi) is 23.3. The van der Waals surface area contributed by atoms with E-state index in [1.807, 2.05) is 0 Å². The van der Waals surface area contributed by atoms with Gasteiger partial charge in [-0.15, -0.1) is 5.06 Å². The lowest BCUT2D eigenvalue weighted by atomic mass is 10.0. The lowest BCUT2D eigenvalue weighted by Gasteiger charge is -2.38. The van der Waals surface area contributed by atoms with Gasteiger partial charge in [0.05, 0.1) is 99.1 Å². The first-order valence-corrected chi connectivity index (χ1v) is 15.9. The van der Waals surface area contributed by atoms with Crippen LogP contribution in [0.4, 0.5) is 4.79 Å². The molecule has 278 valence electrons. The van der Waals surface area contributed by atoms with Gasteiger partial charge < -0.3 is 53.2 Å². The molecule has 1 saturated heterocycles. The van der Waals surface area contributed by atoms with Crippen LogP contribution in [-0.2, 0) is 61.9 Å². The first-order valence-electron chi connectivity index (χ1n) is 15.9. The molecule has 2 N–H and O–H groups in total. The van der Waals surface area contributed by atoms with E-state index in [9.17, 15) is 29.1 Å². The van der Waals surface area contributed by atoms with Crippen LogP contribution in [0, 0.1) is 0 Å². The third kappa shape index (κ3) is 19.8. The van der Waals surface area contributed by atoms with Crippen molar-refractivity contribution in [3.05, 3.63) is 0 Å². The predicted molar refractivity (Wildman–Crippen MR) is 166 cm³/mol. The summed E-state index contributed by atoms with van der Waals surface area (Å²) < 4.78 is 42.6. The summed E-state index contributed by atoms with van der Waals surface area (Å²) in [7, 11) is 1.62. The molecule has 0 bridgehead atoms. The second kappa shape index (κ2) is 26.0. The maximum absolute atomic E-state index is 12.9. The normalized spacial score (nSPS) is 14.0. The summed E-state index contributed by atoms with van der Waals surface area (Å²) in [5.41, 5.74) is -1.08. The van der Waals surface area contributed by atoms with Gasteiger partial charge in [0, 0.05) is 38.5 Å². The van der Waals surface area contributed by atoms with Crippen molar-refractivity contribution in [1.82, 2.24) is 15.3 Å². The summed E-state index contributed by atoms with van der Waals surface area (Å²) in [5, 5.41) is 12.6. The van der Waals surface area contributed by atoms with Gasteiger partial charge in [-0.3, -0.25) is 19.3 Å². The minimum absolute atomic E-state index is 0.0534. The van der Waals surface area contributed by atoms with Gasteiger partial charge in [0.2, 0.25) is 5.91 Å². The minimum Gasteiger partial charge on any atom is -0.465 e. The molecule has 1 rings (SSSR count). The van der Waals surface area contributed by atoms with E-state index in [4.69, 9.17) is 42.7 Å². The predicted octanol–water partition coefficient (Wildman–Crippen LogP) is 0.00960. The zero-order chi connectivity index (χ0) is 35.6. The topological polar surface area (TPSA) is 207 Å². The molecule has 1 fully saturated rings. The third-order valence-electron chi connectivity index (χ3n) is 6.33. The second-order valence-electron chi connectivity index (χ2n) is 11.2. The smallest absolute Gasteiger partial charge is 0.408 e. The van der Waals surface area contributed by atoms with Crippen LogP contribution in [0.3, 0.4) is 0 Å². The number of carbonyl (C=O) groups is 5. The largest absolute Gasteiger partial charge is 0.465 e. The van der Waals surface area contributed by atoms with E-state index in [2.05, 4.69) is 5.32 Å². The summed E-state index contributed by atoms with van der Waals surface area (Å²) in [6.45, 7) is 10.3. The van der Waals surface area contributed by atoms with Gasteiger partial charge in [-0.1, -0.05) is 0 Å². The number of amides is 4. The molecule has 18 heteroatoms. The number of hydrogen-bond acceptors (Lipinski definition) is 14. The van der Waals surface area contributed by atoms with Gasteiger partial charge in [0.15, 0.2) is 6.04 Å². The molecule has 1 atom stereocenters. The molecular formula is C30H53N3O15. The molecule has 4 amide bonds. The van der Waals surface area contributed by atoms with Crippen LogP contribution in [0.1, 0.15) is 40.0 Å². The highest BCUT2D eigenvalue weighted by atomic mass is 16.7. The number of ether oxygens (including phenoxy) is 8. The van der Waals surface area contributed by atoms with Crippen molar-refractivity contribution in [2.24, 2.45) is 0 Å². The summed E-state index contributed by atoms with van der Waals surface area (Å²) in [6, 6.07) is -1.52. The number of hydroxylamine groups is 2. The van der Waals surface area contributed by atoms with Gasteiger partial charge in [-0.2, -0.15) is 0 Å². The first-order chi connectivity index (χ1) is 23.0. The Hall–Kier alpha value is -2.97. The van der Waals surface area contributed by atoms with E-state index in [0.717, 1.165) is 4.90 Å². The highest BCUT2D eigenvalue weighted by Gasteiger charge is 2.42. The lowest BCUT2D eigenvalue weighted by molar-refractivity contribution is -0.201. The monoisotopic (exact) mass is 695 g/mol. The summed E-state index contributed by atoms with van der Waals surface area (Å²) in [6.07, 6.45) is -1.75. The molecule has 0 aromatic rings. The molecule has 0 aromatic heterocycles. The first kappa shape index (κ1) is 43.1. The van der Waals surface area contributed by atoms with E-state index in [-0.39, 0.29) is 39.1 Å². The molecule has 1 heterocycles. The van der Waals surface area contributed by atoms with Crippen LogP contribution < -0.4 is 5.32 Å². The lowest BCUT2D eigenvalue weighted by Crippen LogP contribution is -2.59. The molecule has 0 saturated carbocycles. The number of carboxylic acid groups (broad SMARTS) is 1. The van der Waals surface area contributed by atoms with Crippen molar-refractivity contribution in [3.63, 3.8) is 0 Å². The second-order valence-corrected chi connectivity index (χ2v) is 11.2. The van der Waals surface area contributed by atoms with Crippen molar-refractivity contribution in [3.8, 4) is 0 Å². The number of nitrogens with zero attached hydrogens (tertiary/aromatic N) is 2. The fraction of sp³-hybridized carbons (Fsp3) is 0.833.